The third-order valence-electron chi connectivity index (χ3n) is 3.95. The van der Waals surface area contributed by atoms with Crippen LogP contribution in [-0.4, -0.2) is 11.8 Å². The van der Waals surface area contributed by atoms with E-state index in [1.54, 1.807) is 0 Å². The van der Waals surface area contributed by atoms with Crippen LogP contribution in [0.2, 0.25) is 0 Å². The quantitative estimate of drug-likeness (QED) is 0.829. The second-order valence-electron chi connectivity index (χ2n) is 6.18. The lowest BCUT2D eigenvalue weighted by molar-refractivity contribution is -0.139. The molecule has 0 unspecified atom stereocenters. The molecule has 0 fully saturated rings. The van der Waals surface area contributed by atoms with Gasteiger partial charge in [-0.05, 0) is 29.5 Å². The Morgan fingerprint density at radius 3 is 2.04 bits per heavy atom. The molecule has 4 heteroatoms. The largest absolute Gasteiger partial charge is 0.344 e. The van der Waals surface area contributed by atoms with Gasteiger partial charge in [0.25, 0.3) is 0 Å². The summed E-state index contributed by atoms with van der Waals surface area (Å²) in [6, 6.07) is 17.4. The summed E-state index contributed by atoms with van der Waals surface area (Å²) in [7, 11) is 0. The minimum absolute atomic E-state index is 0.213. The van der Waals surface area contributed by atoms with Crippen molar-refractivity contribution in [3.8, 4) is 0 Å². The molecule has 2 aromatic carbocycles. The molecule has 1 atom stereocenters. The topological polar surface area (TPSA) is 58.2 Å². The summed E-state index contributed by atoms with van der Waals surface area (Å²) >= 11 is 0. The fourth-order valence-electron chi connectivity index (χ4n) is 2.37. The molecule has 24 heavy (non-hydrogen) atoms. The molecule has 2 N–H and O–H groups in total. The minimum Gasteiger partial charge on any atom is -0.344 e. The smallest absolute Gasteiger partial charge is 0.309 e. The van der Waals surface area contributed by atoms with Gasteiger partial charge in [0.1, 0.15) is 0 Å². The molecule has 0 saturated carbocycles. The van der Waals surface area contributed by atoms with Crippen molar-refractivity contribution < 1.29 is 9.59 Å². The van der Waals surface area contributed by atoms with Gasteiger partial charge in [-0.15, -0.1) is 0 Å². The van der Waals surface area contributed by atoms with E-state index in [2.05, 4.69) is 24.5 Å². The number of hydrogen-bond acceptors (Lipinski definition) is 2. The second-order valence-corrected chi connectivity index (χ2v) is 6.18. The number of rotatable bonds is 5. The molecule has 0 aliphatic carbocycles. The van der Waals surface area contributed by atoms with Crippen molar-refractivity contribution in [3.63, 3.8) is 0 Å². The molecule has 0 spiro atoms. The number of benzene rings is 2. The summed E-state index contributed by atoms with van der Waals surface area (Å²) in [5.74, 6) is -0.769. The van der Waals surface area contributed by atoms with Crippen molar-refractivity contribution in [3.05, 3.63) is 71.3 Å². The van der Waals surface area contributed by atoms with Gasteiger partial charge in [0.05, 0.1) is 6.04 Å². The van der Waals surface area contributed by atoms with E-state index in [9.17, 15) is 9.59 Å². The van der Waals surface area contributed by atoms with Crippen LogP contribution in [0.25, 0.3) is 0 Å². The van der Waals surface area contributed by atoms with Crippen molar-refractivity contribution in [2.24, 2.45) is 0 Å². The molecule has 4 nitrogen and oxygen atoms in total. The zero-order valence-electron chi connectivity index (χ0n) is 14.4. The lowest BCUT2D eigenvalue weighted by Crippen LogP contribution is -2.40. The van der Waals surface area contributed by atoms with Crippen LogP contribution < -0.4 is 10.6 Å². The average Bonchev–Trinajstić information content (AvgIpc) is 2.60. The maximum Gasteiger partial charge on any atom is 0.309 e. The van der Waals surface area contributed by atoms with E-state index in [1.807, 2.05) is 61.5 Å². The molecule has 2 amide bonds. The first-order chi connectivity index (χ1) is 11.5. The Morgan fingerprint density at radius 1 is 0.833 bits per heavy atom. The van der Waals surface area contributed by atoms with Crippen LogP contribution in [0.4, 0.5) is 0 Å². The Bertz CT molecular complexity index is 679. The highest BCUT2D eigenvalue weighted by atomic mass is 16.2. The first-order valence-corrected chi connectivity index (χ1v) is 8.20. The fraction of sp³-hybridized carbons (Fsp3) is 0.300. The number of carbonyl (C=O) groups is 2. The molecule has 126 valence electrons. The summed E-state index contributed by atoms with van der Waals surface area (Å²) in [5, 5.41) is 5.36. The lowest BCUT2D eigenvalue weighted by atomic mass is 10.0. The van der Waals surface area contributed by atoms with Gasteiger partial charge in [-0.25, -0.2) is 0 Å². The first-order valence-electron chi connectivity index (χ1n) is 8.20. The normalized spacial score (nSPS) is 11.8. The lowest BCUT2D eigenvalue weighted by Gasteiger charge is -2.14. The molecular weight excluding hydrogens is 300 g/mol. The van der Waals surface area contributed by atoms with Gasteiger partial charge in [0.15, 0.2) is 0 Å². The Hall–Kier alpha value is -2.62. The van der Waals surface area contributed by atoms with Gasteiger partial charge in [-0.3, -0.25) is 9.59 Å². The summed E-state index contributed by atoms with van der Waals surface area (Å²) in [5.41, 5.74) is 3.18. The fourth-order valence-corrected chi connectivity index (χ4v) is 2.37. The summed E-state index contributed by atoms with van der Waals surface area (Å²) < 4.78 is 0. The molecular formula is C20H24N2O2. The molecule has 0 radical (unpaired) electrons. The maximum atomic E-state index is 12.0. The molecule has 2 rings (SSSR count). The number of hydrogen-bond donors (Lipinski definition) is 2. The predicted molar refractivity (Wildman–Crippen MR) is 95.4 cm³/mol. The summed E-state index contributed by atoms with van der Waals surface area (Å²) in [6.45, 7) is 6.46. The third-order valence-corrected chi connectivity index (χ3v) is 3.95. The molecule has 0 bridgehead atoms. The standard InChI is InChI=1S/C20H24N2O2/c1-14(2)17-11-9-16(10-12-17)13-21-19(23)20(24)22-15(3)18-7-5-4-6-8-18/h4-12,14-15H,13H2,1-3H3,(H,21,23)(H,22,24)/t15-/m1/s1. The van der Waals surface area contributed by atoms with E-state index in [-0.39, 0.29) is 6.04 Å². The van der Waals surface area contributed by atoms with Gasteiger partial charge < -0.3 is 10.6 Å². The van der Waals surface area contributed by atoms with Crippen LogP contribution in [0.1, 0.15) is 49.4 Å². The van der Waals surface area contributed by atoms with E-state index >= 15 is 0 Å². The van der Waals surface area contributed by atoms with Gasteiger partial charge in [0, 0.05) is 6.54 Å². The zero-order valence-corrected chi connectivity index (χ0v) is 14.4. The monoisotopic (exact) mass is 324 g/mol. The van der Waals surface area contributed by atoms with Gasteiger partial charge >= 0.3 is 11.8 Å². The average molecular weight is 324 g/mol. The van der Waals surface area contributed by atoms with E-state index < -0.39 is 11.8 Å². The highest BCUT2D eigenvalue weighted by Gasteiger charge is 2.16. The van der Waals surface area contributed by atoms with Crippen LogP contribution in [0.3, 0.4) is 0 Å². The Labute approximate surface area is 143 Å². The summed E-state index contributed by atoms with van der Waals surface area (Å²) in [4.78, 5) is 23.9. The number of carbonyl (C=O) groups excluding carboxylic acids is 2. The second kappa shape index (κ2) is 8.29. The van der Waals surface area contributed by atoms with Crippen LogP contribution in [-0.2, 0) is 16.1 Å². The molecule has 0 aromatic heterocycles. The van der Waals surface area contributed by atoms with Crippen molar-refractivity contribution in [2.75, 3.05) is 0 Å². The number of nitrogens with one attached hydrogen (secondary N) is 2. The van der Waals surface area contributed by atoms with Crippen molar-refractivity contribution in [2.45, 2.75) is 39.3 Å². The Morgan fingerprint density at radius 2 is 1.46 bits per heavy atom. The molecule has 0 aliphatic rings. The van der Waals surface area contributed by atoms with Crippen LogP contribution >= 0.6 is 0 Å². The number of amides is 2. The van der Waals surface area contributed by atoms with Crippen LogP contribution in [0.15, 0.2) is 54.6 Å². The van der Waals surface area contributed by atoms with E-state index in [0.29, 0.717) is 12.5 Å². The summed E-state index contributed by atoms with van der Waals surface area (Å²) in [6.07, 6.45) is 0. The Balaban J connectivity index is 1.84. The van der Waals surface area contributed by atoms with E-state index in [4.69, 9.17) is 0 Å². The van der Waals surface area contributed by atoms with Crippen molar-refractivity contribution in [1.82, 2.24) is 10.6 Å². The van der Waals surface area contributed by atoms with Gasteiger partial charge in [-0.1, -0.05) is 68.4 Å². The van der Waals surface area contributed by atoms with Gasteiger partial charge in [-0.2, -0.15) is 0 Å². The van der Waals surface area contributed by atoms with Crippen molar-refractivity contribution >= 4 is 11.8 Å². The SMILES string of the molecule is CC(C)c1ccc(CNC(=O)C(=O)N[C@H](C)c2ccccc2)cc1. The molecule has 0 aliphatic heterocycles. The first kappa shape index (κ1) is 17.7. The maximum absolute atomic E-state index is 12.0. The third kappa shape index (κ3) is 4.95. The molecule has 2 aromatic rings. The molecule has 0 saturated heterocycles. The minimum atomic E-state index is -0.620. The molecule has 0 heterocycles. The van der Waals surface area contributed by atoms with E-state index in [1.165, 1.54) is 5.56 Å². The highest BCUT2D eigenvalue weighted by Crippen LogP contribution is 2.14. The predicted octanol–water partition coefficient (Wildman–Crippen LogP) is 3.30. The van der Waals surface area contributed by atoms with Crippen molar-refractivity contribution in [1.29, 1.82) is 0 Å². The van der Waals surface area contributed by atoms with E-state index in [0.717, 1.165) is 11.1 Å². The highest BCUT2D eigenvalue weighted by molar-refractivity contribution is 6.35. The zero-order chi connectivity index (χ0) is 17.5. The van der Waals surface area contributed by atoms with Crippen LogP contribution in [0.5, 0.6) is 0 Å². The Kier molecular flexibility index (Phi) is 6.13. The van der Waals surface area contributed by atoms with Crippen LogP contribution in [0, 0.1) is 0 Å². The van der Waals surface area contributed by atoms with Gasteiger partial charge in [0.2, 0.25) is 0 Å².